The summed E-state index contributed by atoms with van der Waals surface area (Å²) in [6, 6.07) is -2.05. The van der Waals surface area contributed by atoms with Gasteiger partial charge in [0.15, 0.2) is 56.1 Å². The largest absolute Gasteiger partial charge is 0.492 e. The Morgan fingerprint density at radius 1 is 0.239 bits per heavy atom. The number of nitrogens with one attached hydrogen (secondary N) is 2. The topological polar surface area (TPSA) is 546 Å². The van der Waals surface area contributed by atoms with E-state index in [0.717, 1.165) is 0 Å². The number of methoxy groups -OCH3 is 27. The lowest BCUT2D eigenvalue weighted by Crippen LogP contribution is -2.68. The van der Waals surface area contributed by atoms with Crippen molar-refractivity contribution in [2.45, 2.75) is 303 Å². The molecule has 6 N–H and O–H groups in total. The quantitative estimate of drug-likeness (QED) is 0.0398. The van der Waals surface area contributed by atoms with Crippen molar-refractivity contribution >= 4 is 11.4 Å². The van der Waals surface area contributed by atoms with Gasteiger partial charge in [0.25, 0.3) is 16.3 Å². The van der Waals surface area contributed by atoms with E-state index in [9.17, 15) is 24.3 Å². The van der Waals surface area contributed by atoms with Crippen LogP contribution in [0.25, 0.3) is 0 Å². The average Bonchev–Trinajstić information content (AvgIpc) is 0.749. The zero-order chi connectivity index (χ0) is 104. The molecular weight excluding hydrogens is 1900 g/mol. The Labute approximate surface area is 827 Å². The van der Waals surface area contributed by atoms with Crippen LogP contribution in [-0.2, 0) is 201 Å². The molecule has 0 amide bonds. The number of aliphatic hydroxyl groups excluding tert-OH is 2. The van der Waals surface area contributed by atoms with Gasteiger partial charge in [0.2, 0.25) is 5.43 Å². The molecule has 0 spiro atoms. The highest BCUT2D eigenvalue weighted by Gasteiger charge is 2.62. The lowest BCUT2D eigenvalue weighted by molar-refractivity contribution is -0.381. The predicted octanol–water partition coefficient (Wildman–Crippen LogP) is -3.69. The van der Waals surface area contributed by atoms with E-state index in [4.69, 9.17) is 205 Å². The highest BCUT2D eigenvalue weighted by Crippen LogP contribution is 2.43. The fourth-order valence-electron chi connectivity index (χ4n) is 20.2. The Hall–Kier alpha value is -4.20. The summed E-state index contributed by atoms with van der Waals surface area (Å²) in [5.41, 5.74) is 3.46. The lowest BCUT2D eigenvalue weighted by Gasteiger charge is -2.51. The number of anilines is 2. The first-order valence-corrected chi connectivity index (χ1v) is 46.5. The molecule has 9 aliphatic rings. The van der Waals surface area contributed by atoms with Crippen LogP contribution in [0.1, 0.15) is 26.3 Å². The standard InChI is InChI=1S/C58H100N2O30.C27H51NO14.C6H6O4/c1-25-32(43(69-8)49(75-14)55(81-25)87-41-30(23-66-5)85-57(52(78-17)47(41)73-12)89-39-28(21-64-3)83-27(20-61)38(68-7)45(39)71-10)59-34-35(37(63)36(34)62)60-33-26(2)82-56(50(76-15)44(33)70-9)88-42-31(24-67-6)86-58(53(79-18)48(42)74-13)90-40-29(22-65-4)84-54(80-19)51(77-16)46(40)72-11;1-13-16(28)19(31-4)22(34-7)26(38-13)41-18-15(12-30-3)40-27(24(36-9)21(18)33-6)42-17-14(11-29-2)39-25(37-10)23(35-8)20(17)32-5;1-10-6-3(2-7)4(8)5(6)9/h25-33,38-61H,20-24H2,1-19H3;13-27H,11-12,28H2,1-10H3;7H,2H2,1H3. The number of aliphatic hydroxyl groups is 2. The molecule has 11 rings (SSSR count). The summed E-state index contributed by atoms with van der Waals surface area (Å²) < 4.78 is 254. The van der Waals surface area contributed by atoms with Crippen molar-refractivity contribution in [3.05, 3.63) is 46.5 Å². The van der Waals surface area contributed by atoms with Crippen LogP contribution in [0.4, 0.5) is 11.4 Å². The van der Waals surface area contributed by atoms with Gasteiger partial charge in [-0.3, -0.25) is 19.2 Å². The van der Waals surface area contributed by atoms with Crippen molar-refractivity contribution in [2.24, 2.45) is 5.73 Å². The minimum Gasteiger partial charge on any atom is -0.492 e. The summed E-state index contributed by atoms with van der Waals surface area (Å²) in [6.07, 6.45) is -33.7. The molecule has 45 atom stereocenters. The summed E-state index contributed by atoms with van der Waals surface area (Å²) in [7, 11) is 40.8. The van der Waals surface area contributed by atoms with Gasteiger partial charge in [0.05, 0.1) is 102 Å². The number of hydrogen-bond donors (Lipinski definition) is 5. The van der Waals surface area contributed by atoms with Crippen molar-refractivity contribution in [2.75, 3.05) is 249 Å². The molecule has 9 fully saturated rings. The maximum atomic E-state index is 13.7. The summed E-state index contributed by atoms with van der Waals surface area (Å²) in [6.45, 7) is 5.17. The van der Waals surface area contributed by atoms with E-state index in [-0.39, 0.29) is 75.0 Å². The van der Waals surface area contributed by atoms with Crippen LogP contribution in [0, 0.1) is 0 Å². The Balaban J connectivity index is 0.000000354. The van der Waals surface area contributed by atoms with Gasteiger partial charge in [0.1, 0.15) is 201 Å². The van der Waals surface area contributed by atoms with Crippen molar-refractivity contribution < 1.29 is 209 Å². The van der Waals surface area contributed by atoms with Gasteiger partial charge in [-0.1, -0.05) is 0 Å². The molecule has 51 nitrogen and oxygen atoms in total. The Bertz CT molecular complexity index is 3850. The van der Waals surface area contributed by atoms with E-state index in [1.165, 1.54) is 135 Å². The van der Waals surface area contributed by atoms with Gasteiger partial charge in [0, 0.05) is 185 Å². The highest BCUT2D eigenvalue weighted by molar-refractivity contribution is 5.75. The number of hydrogen-bond acceptors (Lipinski definition) is 51. The van der Waals surface area contributed by atoms with Crippen molar-refractivity contribution in [1.29, 1.82) is 0 Å². The summed E-state index contributed by atoms with van der Waals surface area (Å²) in [4.78, 5) is 48.5. The van der Waals surface area contributed by atoms with E-state index in [1.807, 2.05) is 6.92 Å². The van der Waals surface area contributed by atoms with E-state index >= 15 is 0 Å². The van der Waals surface area contributed by atoms with Crippen LogP contribution in [0.5, 0.6) is 5.75 Å². The second kappa shape index (κ2) is 59.0. The minimum atomic E-state index is -1.15. The highest BCUT2D eigenvalue weighted by atomic mass is 16.8. The second-order valence-electron chi connectivity index (χ2n) is 34.8. The molecule has 0 aliphatic carbocycles. The van der Waals surface area contributed by atoms with Crippen LogP contribution < -0.4 is 42.8 Å². The first kappa shape index (κ1) is 121. The first-order valence-electron chi connectivity index (χ1n) is 46.5. The van der Waals surface area contributed by atoms with E-state index in [0.29, 0.717) is 0 Å². The number of rotatable bonds is 51. The molecule has 0 aromatic heterocycles. The van der Waals surface area contributed by atoms with Gasteiger partial charge in [-0.25, -0.2) is 0 Å². The van der Waals surface area contributed by atoms with Crippen LogP contribution in [0.15, 0.2) is 19.2 Å². The molecule has 0 bridgehead atoms. The normalized spacial score (nSPS) is 41.1. The maximum Gasteiger partial charge on any atom is 0.268 e. The Morgan fingerprint density at radius 3 is 0.697 bits per heavy atom. The van der Waals surface area contributed by atoms with Crippen LogP contribution in [0.3, 0.4) is 0 Å². The van der Waals surface area contributed by atoms with Crippen LogP contribution in [-0.4, -0.2) is 524 Å². The van der Waals surface area contributed by atoms with E-state index in [2.05, 4.69) is 15.4 Å². The molecule has 0 radical (unpaired) electrons. The molecule has 2 aromatic carbocycles. The molecule has 2 aromatic rings. The maximum absolute atomic E-state index is 13.7. The van der Waals surface area contributed by atoms with Gasteiger partial charge in [-0.05, 0) is 20.8 Å². The lowest BCUT2D eigenvalue weighted by atomic mass is 9.93. The van der Waals surface area contributed by atoms with E-state index in [1.54, 1.807) is 70.7 Å². The zero-order valence-electron chi connectivity index (χ0n) is 86.9. The summed E-state index contributed by atoms with van der Waals surface area (Å²) >= 11 is 0. The monoisotopic (exact) mass is 2060 g/mol. The van der Waals surface area contributed by atoms with Gasteiger partial charge in [-0.2, -0.15) is 0 Å². The van der Waals surface area contributed by atoms with Gasteiger partial charge >= 0.3 is 0 Å². The van der Waals surface area contributed by atoms with Crippen molar-refractivity contribution in [1.82, 2.24) is 0 Å². The van der Waals surface area contributed by atoms with Gasteiger partial charge < -0.3 is 226 Å². The molecular formula is C91H157N3O48. The third kappa shape index (κ3) is 26.7. The fourth-order valence-corrected chi connectivity index (χ4v) is 20.2. The van der Waals surface area contributed by atoms with E-state index < -0.39 is 298 Å². The Morgan fingerprint density at radius 2 is 0.465 bits per heavy atom. The third-order valence-corrected chi connectivity index (χ3v) is 27.3. The summed E-state index contributed by atoms with van der Waals surface area (Å²) in [5.74, 6) is -0.00694. The fraction of sp³-hybridized carbons (Fsp3) is 0.912. The second-order valence-corrected chi connectivity index (χ2v) is 34.8. The molecule has 9 saturated heterocycles. The predicted molar refractivity (Wildman–Crippen MR) is 489 cm³/mol. The minimum absolute atomic E-state index is 0.00313. The number of nitrogens with two attached hydrogens (primary N) is 1. The number of ether oxygens (including phenoxy) is 42. The molecule has 824 valence electrons. The zero-order valence-corrected chi connectivity index (χ0v) is 86.9. The molecule has 142 heavy (non-hydrogen) atoms. The average molecular weight is 2060 g/mol. The molecule has 9 aliphatic heterocycles. The van der Waals surface area contributed by atoms with Crippen LogP contribution in [0.2, 0.25) is 0 Å². The van der Waals surface area contributed by atoms with Gasteiger partial charge in [-0.15, -0.1) is 0 Å². The van der Waals surface area contributed by atoms with Crippen molar-refractivity contribution in [3.8, 4) is 5.75 Å². The molecule has 45 unspecified atom stereocenters. The third-order valence-electron chi connectivity index (χ3n) is 27.3. The molecule has 51 heteroatoms. The first-order chi connectivity index (χ1) is 68.5. The smallest absolute Gasteiger partial charge is 0.268 e. The van der Waals surface area contributed by atoms with Crippen LogP contribution >= 0.6 is 0 Å². The molecule has 0 saturated carbocycles. The molecule has 9 heterocycles. The summed E-state index contributed by atoms with van der Waals surface area (Å²) in [5, 5.41) is 25.2. The SMILES string of the molecule is COCC1OC(CO)C(OC)C(OC)C1OC1OC(COC)C(OC2OC(C)C(Nc3c(NC4C(C)OC(OC5C(COC)OC(OC6C(COC)OC(OC)C(OC)C6OC)C(OC)C5OC)C(OC)C4OC)c(=O)c3=O)C(OC)C2OC)C(OC)C1OC.COCC1OC(OC2C(COC)OC(OC)C(OC)C2OC)C(OC)C(OC)C1OC1OC(C)C(N)C(OC)C1OC.COc1c(CO)c(=O)c1=O. The Kier molecular flexibility index (Phi) is 50.4. The van der Waals surface area contributed by atoms with Crippen molar-refractivity contribution in [3.63, 3.8) is 0 Å².